The quantitative estimate of drug-likeness (QED) is 0.153. The maximum absolute atomic E-state index is 6.95. The third-order valence-corrected chi connectivity index (χ3v) is 18.6. The van der Waals surface area contributed by atoms with Gasteiger partial charge in [-0.25, -0.2) is 0 Å². The van der Waals surface area contributed by atoms with Gasteiger partial charge in [-0.1, -0.05) is 155 Å². The lowest BCUT2D eigenvalue weighted by Gasteiger charge is -2.43. The summed E-state index contributed by atoms with van der Waals surface area (Å²) in [6.07, 6.45) is 2.40. The minimum Gasteiger partial charge on any atom is -0.455 e. The Morgan fingerprint density at radius 1 is 0.500 bits per heavy atom. The van der Waals surface area contributed by atoms with E-state index in [4.69, 9.17) is 4.42 Å². The number of rotatable bonds is 1. The first kappa shape index (κ1) is 41.0. The Hall–Kier alpha value is -6.78. The van der Waals surface area contributed by atoms with Crippen molar-refractivity contribution in [1.29, 1.82) is 0 Å². The van der Waals surface area contributed by atoms with Gasteiger partial charge < -0.3 is 13.8 Å². The van der Waals surface area contributed by atoms with E-state index in [-0.39, 0.29) is 33.9 Å². The van der Waals surface area contributed by atoms with E-state index in [1.165, 1.54) is 135 Å². The molecule has 0 amide bonds. The molecule has 3 aliphatic carbocycles. The highest BCUT2D eigenvalue weighted by Crippen LogP contribution is 2.58. The van der Waals surface area contributed by atoms with Gasteiger partial charge in [0, 0.05) is 49.6 Å². The van der Waals surface area contributed by atoms with Crippen LogP contribution in [0.2, 0.25) is 0 Å². The Kier molecular flexibility index (Phi) is 7.48. The summed E-state index contributed by atoms with van der Waals surface area (Å²) in [5, 5.41) is 4.75. The van der Waals surface area contributed by atoms with Crippen molar-refractivity contribution in [3.05, 3.63) is 172 Å². The van der Waals surface area contributed by atoms with Crippen LogP contribution >= 0.6 is 0 Å². The van der Waals surface area contributed by atoms with Crippen LogP contribution in [0.5, 0.6) is 0 Å². The highest BCUT2D eigenvalue weighted by Gasteiger charge is 2.49. The molecule has 0 bridgehead atoms. The van der Waals surface area contributed by atoms with E-state index < -0.39 is 0 Å². The molecular weight excluding hydrogens is 848 g/mol. The highest BCUT2D eigenvalue weighted by molar-refractivity contribution is 6.93. The Balaban J connectivity index is 1.09. The van der Waals surface area contributed by atoms with Crippen LogP contribution in [0.15, 0.2) is 138 Å². The van der Waals surface area contributed by atoms with Crippen molar-refractivity contribution in [2.24, 2.45) is 0 Å². The summed E-state index contributed by atoms with van der Waals surface area (Å²) in [7, 11) is 0. The van der Waals surface area contributed by atoms with Gasteiger partial charge in [-0.05, 0) is 161 Å². The van der Waals surface area contributed by atoms with E-state index in [2.05, 4.69) is 219 Å². The molecule has 5 aliphatic rings. The summed E-state index contributed by atoms with van der Waals surface area (Å²) < 4.78 is 9.58. The molecule has 0 atom stereocenters. The molecule has 4 heteroatoms. The predicted octanol–water partition coefficient (Wildman–Crippen LogP) is 16.2. The average Bonchev–Trinajstić information content (AvgIpc) is 4.02. The Bertz CT molecular complexity index is 4050. The van der Waals surface area contributed by atoms with Crippen molar-refractivity contribution < 1.29 is 4.42 Å². The van der Waals surface area contributed by atoms with E-state index in [1.807, 2.05) is 0 Å². The van der Waals surface area contributed by atoms with Crippen molar-refractivity contribution in [3.63, 3.8) is 0 Å². The third kappa shape index (κ3) is 4.93. The number of aromatic nitrogens is 1. The molecule has 0 N–H and O–H groups in total. The van der Waals surface area contributed by atoms with Crippen LogP contribution in [0.25, 0.3) is 82.8 Å². The Labute approximate surface area is 412 Å². The van der Waals surface area contributed by atoms with Crippen LogP contribution in [0, 0.1) is 0 Å². The van der Waals surface area contributed by atoms with Crippen molar-refractivity contribution in [2.75, 3.05) is 4.81 Å². The summed E-state index contributed by atoms with van der Waals surface area (Å²) in [5.41, 5.74) is 28.9. The SMILES string of the molecule is CC(C)(C)c1ccc(N2B3c4cc5c(cc4-n4c6ccc7c8ccccc8oc7c6c6ccc(c3c64)-c3cc4c(cc32)-c2cc3c(cc2C4(C)C)C(C)(C)CCC3(C)C)-c2ccccc2C5(C)C)cc1. The highest BCUT2D eigenvalue weighted by atomic mass is 16.3. The molecule has 3 nitrogen and oxygen atoms in total. The van der Waals surface area contributed by atoms with Crippen LogP contribution in [0.4, 0.5) is 11.4 Å². The molecule has 0 saturated carbocycles. The number of hydrogen-bond donors (Lipinski definition) is 0. The molecule has 0 spiro atoms. The summed E-state index contributed by atoms with van der Waals surface area (Å²) in [6.45, 7) is 26.5. The summed E-state index contributed by atoms with van der Waals surface area (Å²) in [5.74, 6) is 0. The molecule has 0 fully saturated rings. The molecule has 4 heterocycles. The van der Waals surface area contributed by atoms with Crippen molar-refractivity contribution in [1.82, 2.24) is 4.57 Å². The number of furan rings is 1. The Morgan fingerprint density at radius 2 is 1.11 bits per heavy atom. The number of fused-ring (bicyclic) bond motifs is 19. The molecule has 70 heavy (non-hydrogen) atoms. The second-order valence-electron chi connectivity index (χ2n) is 25.1. The molecule has 8 aromatic carbocycles. The third-order valence-electron chi connectivity index (χ3n) is 18.6. The van der Waals surface area contributed by atoms with Gasteiger partial charge in [0.05, 0.1) is 16.4 Å². The zero-order valence-electron chi connectivity index (χ0n) is 42.5. The minimum atomic E-state index is -0.181. The number of para-hydroxylation sites is 1. The first-order valence-electron chi connectivity index (χ1n) is 25.8. The molecule has 0 saturated heterocycles. The number of anilines is 2. The monoisotopic (exact) mass is 906 g/mol. The molecule has 10 aromatic rings. The lowest BCUT2D eigenvalue weighted by molar-refractivity contribution is 0.331. The van der Waals surface area contributed by atoms with E-state index in [0.29, 0.717) is 0 Å². The zero-order chi connectivity index (χ0) is 47.9. The van der Waals surface area contributed by atoms with Gasteiger partial charge in [0.15, 0.2) is 0 Å². The molecule has 0 unspecified atom stereocenters. The fourth-order valence-corrected chi connectivity index (χ4v) is 14.5. The lowest BCUT2D eigenvalue weighted by atomic mass is 9.43. The fourth-order valence-electron chi connectivity index (χ4n) is 14.5. The second-order valence-corrected chi connectivity index (χ2v) is 25.1. The van der Waals surface area contributed by atoms with Gasteiger partial charge in [-0.3, -0.25) is 0 Å². The van der Waals surface area contributed by atoms with Gasteiger partial charge >= 0.3 is 6.85 Å². The van der Waals surface area contributed by atoms with Crippen LogP contribution < -0.4 is 15.7 Å². The van der Waals surface area contributed by atoms with Crippen LogP contribution in [-0.2, 0) is 27.1 Å². The zero-order valence-corrected chi connectivity index (χ0v) is 42.5. The molecular formula is C66H59BN2O. The minimum absolute atomic E-state index is 0.0240. The van der Waals surface area contributed by atoms with Gasteiger partial charge in [0.2, 0.25) is 0 Å². The standard InChI is InChI=1S/C66H59BN2O/c1-62(2,3)36-20-22-37(23-21-36)69-55-32-45-43-30-51-52(64(6,7)29-28-63(51,4)5)34-49(43)66(10,11)48(45)31-46(55)40-24-25-42-58-54(27-26-41-39-17-13-15-19-57(39)70-61(41)58)68-56-33-44-38-16-12-14-18-47(38)65(8,9)50(44)35-53(56)67(69)59(40)60(42)68/h12-27,30-35H,28-29H2,1-11H3. The predicted molar refractivity (Wildman–Crippen MR) is 296 cm³/mol. The molecule has 2 aliphatic heterocycles. The van der Waals surface area contributed by atoms with Gasteiger partial charge in [-0.2, -0.15) is 0 Å². The summed E-state index contributed by atoms with van der Waals surface area (Å²) in [4.78, 5) is 2.75. The lowest BCUT2D eigenvalue weighted by Crippen LogP contribution is -2.60. The normalized spacial score (nSPS) is 17.9. The molecule has 2 aromatic heterocycles. The fraction of sp³-hybridized carbons (Fsp3) is 0.273. The maximum Gasteiger partial charge on any atom is 0.333 e. The first-order chi connectivity index (χ1) is 33.3. The second kappa shape index (κ2) is 12.8. The number of nitrogens with zero attached hydrogens (tertiary/aromatic N) is 2. The molecule has 0 radical (unpaired) electrons. The van der Waals surface area contributed by atoms with Crippen LogP contribution in [-0.4, -0.2) is 11.4 Å². The van der Waals surface area contributed by atoms with E-state index in [1.54, 1.807) is 0 Å². The van der Waals surface area contributed by atoms with Gasteiger partial charge in [0.25, 0.3) is 0 Å². The van der Waals surface area contributed by atoms with Crippen molar-refractivity contribution in [3.8, 4) is 39.1 Å². The number of hydrogen-bond acceptors (Lipinski definition) is 2. The average molecular weight is 907 g/mol. The number of benzene rings is 8. The van der Waals surface area contributed by atoms with Crippen LogP contribution in [0.1, 0.15) is 128 Å². The van der Waals surface area contributed by atoms with E-state index in [0.717, 1.165) is 21.9 Å². The van der Waals surface area contributed by atoms with E-state index >= 15 is 0 Å². The largest absolute Gasteiger partial charge is 0.455 e. The smallest absolute Gasteiger partial charge is 0.333 e. The van der Waals surface area contributed by atoms with Gasteiger partial charge in [-0.15, -0.1) is 0 Å². The Morgan fingerprint density at radius 3 is 1.89 bits per heavy atom. The van der Waals surface area contributed by atoms with E-state index in [9.17, 15) is 0 Å². The van der Waals surface area contributed by atoms with Crippen LogP contribution in [0.3, 0.4) is 0 Å². The van der Waals surface area contributed by atoms with Gasteiger partial charge in [0.1, 0.15) is 11.2 Å². The summed E-state index contributed by atoms with van der Waals surface area (Å²) in [6, 6.07) is 52.5. The topological polar surface area (TPSA) is 21.3 Å². The van der Waals surface area contributed by atoms with Crippen molar-refractivity contribution >= 4 is 72.9 Å². The summed E-state index contributed by atoms with van der Waals surface area (Å²) >= 11 is 0. The molecule has 15 rings (SSSR count). The molecule has 342 valence electrons. The maximum atomic E-state index is 6.95. The first-order valence-corrected chi connectivity index (χ1v) is 25.8. The van der Waals surface area contributed by atoms with Crippen molar-refractivity contribution in [2.45, 2.75) is 116 Å².